The highest BCUT2D eigenvalue weighted by atomic mass is 16.4. The van der Waals surface area contributed by atoms with Gasteiger partial charge in [-0.05, 0) is 25.2 Å². The van der Waals surface area contributed by atoms with E-state index in [0.29, 0.717) is 11.6 Å². The topological polar surface area (TPSA) is 63.1 Å². The molecule has 1 aromatic heterocycles. The van der Waals surface area contributed by atoms with Crippen molar-refractivity contribution in [2.24, 2.45) is 5.92 Å². The number of hydrogen-bond acceptors (Lipinski definition) is 3. The largest absolute Gasteiger partial charge is 0.478 e. The second-order valence-corrected chi connectivity index (χ2v) is 4.49. The molecular formula is C11H11N2O2. The van der Waals surface area contributed by atoms with E-state index in [4.69, 9.17) is 5.11 Å². The van der Waals surface area contributed by atoms with Crippen molar-refractivity contribution in [2.75, 3.05) is 0 Å². The molecule has 0 spiro atoms. The minimum atomic E-state index is -0.925. The number of aromatic nitrogens is 2. The van der Waals surface area contributed by atoms with Crippen LogP contribution in [0.3, 0.4) is 0 Å². The molecule has 2 aliphatic carbocycles. The third-order valence-electron chi connectivity index (χ3n) is 3.78. The van der Waals surface area contributed by atoms with Crippen molar-refractivity contribution in [3.8, 4) is 0 Å². The second kappa shape index (κ2) is 2.78. The number of aromatic carboxylic acids is 1. The summed E-state index contributed by atoms with van der Waals surface area (Å²) < 4.78 is 0. The van der Waals surface area contributed by atoms with Crippen LogP contribution in [0, 0.1) is 12.2 Å². The molecule has 4 heteroatoms. The van der Waals surface area contributed by atoms with Gasteiger partial charge in [0.25, 0.3) is 0 Å². The normalized spacial score (nSPS) is 32.4. The lowest BCUT2D eigenvalue weighted by Gasteiger charge is -2.12. The smallest absolute Gasteiger partial charge is 0.339 e. The summed E-state index contributed by atoms with van der Waals surface area (Å²) in [5, 5.41) is 9.07. The van der Waals surface area contributed by atoms with Crippen LogP contribution in [0.15, 0.2) is 6.20 Å². The zero-order chi connectivity index (χ0) is 10.5. The number of fused-ring (bicyclic) bond motifs is 1. The Kier molecular flexibility index (Phi) is 1.63. The molecule has 1 aromatic rings. The minimum absolute atomic E-state index is 0.0627. The van der Waals surface area contributed by atoms with Crippen LogP contribution in [0.5, 0.6) is 0 Å². The third kappa shape index (κ3) is 1.11. The van der Waals surface area contributed by atoms with Crippen LogP contribution in [0.2, 0.25) is 0 Å². The maximum atomic E-state index is 11.0. The highest BCUT2D eigenvalue weighted by Crippen LogP contribution is 2.64. The van der Waals surface area contributed by atoms with E-state index >= 15 is 0 Å². The quantitative estimate of drug-likeness (QED) is 0.789. The molecule has 0 aromatic carbocycles. The molecule has 0 aliphatic heterocycles. The van der Waals surface area contributed by atoms with E-state index in [-0.39, 0.29) is 11.0 Å². The molecular weight excluding hydrogens is 192 g/mol. The fraction of sp³-hybridized carbons (Fsp3) is 0.545. The van der Waals surface area contributed by atoms with Gasteiger partial charge < -0.3 is 5.11 Å². The van der Waals surface area contributed by atoms with Crippen molar-refractivity contribution >= 4 is 5.97 Å². The lowest BCUT2D eigenvalue weighted by Crippen LogP contribution is -2.15. The molecule has 15 heavy (non-hydrogen) atoms. The zero-order valence-corrected chi connectivity index (χ0v) is 8.23. The Hall–Kier alpha value is -1.45. The first-order valence-electron chi connectivity index (χ1n) is 5.21. The van der Waals surface area contributed by atoms with Gasteiger partial charge in [0, 0.05) is 11.6 Å². The Balaban J connectivity index is 2.08. The third-order valence-corrected chi connectivity index (χ3v) is 3.78. The van der Waals surface area contributed by atoms with E-state index in [1.807, 2.05) is 0 Å². The number of carboxylic acids is 1. The predicted octanol–water partition coefficient (Wildman–Crippen LogP) is 1.42. The fourth-order valence-corrected chi connectivity index (χ4v) is 2.97. The van der Waals surface area contributed by atoms with Crippen molar-refractivity contribution in [1.29, 1.82) is 0 Å². The number of hydrogen-bond donors (Lipinski definition) is 1. The van der Waals surface area contributed by atoms with Gasteiger partial charge >= 0.3 is 5.97 Å². The molecule has 4 nitrogen and oxygen atoms in total. The van der Waals surface area contributed by atoms with Crippen molar-refractivity contribution in [2.45, 2.75) is 31.1 Å². The van der Waals surface area contributed by atoms with E-state index in [1.54, 1.807) is 0 Å². The van der Waals surface area contributed by atoms with E-state index in [2.05, 4.69) is 16.3 Å². The van der Waals surface area contributed by atoms with Crippen LogP contribution in [0.4, 0.5) is 0 Å². The van der Waals surface area contributed by atoms with E-state index < -0.39 is 5.97 Å². The summed E-state index contributed by atoms with van der Waals surface area (Å²) in [5.74, 6) is -0.273. The molecule has 1 N–H and O–H groups in total. The van der Waals surface area contributed by atoms with Crippen molar-refractivity contribution < 1.29 is 9.90 Å². The van der Waals surface area contributed by atoms with Crippen molar-refractivity contribution in [1.82, 2.24) is 9.97 Å². The first-order chi connectivity index (χ1) is 7.24. The van der Waals surface area contributed by atoms with Gasteiger partial charge in [0.2, 0.25) is 0 Å². The second-order valence-electron chi connectivity index (χ2n) is 4.49. The monoisotopic (exact) mass is 203 g/mol. The van der Waals surface area contributed by atoms with Crippen LogP contribution in [-0.2, 0) is 5.41 Å². The summed E-state index contributed by atoms with van der Waals surface area (Å²) in [5.41, 5.74) is 1.04. The molecule has 3 rings (SSSR count). The van der Waals surface area contributed by atoms with Gasteiger partial charge in [-0.3, -0.25) is 0 Å². The zero-order valence-electron chi connectivity index (χ0n) is 8.23. The first kappa shape index (κ1) is 8.83. The predicted molar refractivity (Wildman–Crippen MR) is 51.5 cm³/mol. The lowest BCUT2D eigenvalue weighted by atomic mass is 9.95. The highest BCUT2D eigenvalue weighted by molar-refractivity contribution is 5.89. The van der Waals surface area contributed by atoms with Crippen molar-refractivity contribution in [3.05, 3.63) is 23.8 Å². The van der Waals surface area contributed by atoms with Crippen LogP contribution >= 0.6 is 0 Å². The van der Waals surface area contributed by atoms with Gasteiger partial charge in [-0.25, -0.2) is 14.8 Å². The fourth-order valence-electron chi connectivity index (χ4n) is 2.97. The SMILES string of the molecule is O=C(O)c1cn[c]nc1C12CCCC1C2. The number of nitrogens with zero attached hydrogens (tertiary/aromatic N) is 2. The number of carbonyl (C=O) groups is 1. The van der Waals surface area contributed by atoms with Crippen LogP contribution in [0.25, 0.3) is 0 Å². The average molecular weight is 203 g/mol. The average Bonchev–Trinajstić information content (AvgIpc) is 2.82. The van der Waals surface area contributed by atoms with E-state index in [9.17, 15) is 4.79 Å². The molecule has 0 saturated heterocycles. The number of carboxylic acid groups (broad SMARTS) is 1. The summed E-state index contributed by atoms with van der Waals surface area (Å²) >= 11 is 0. The lowest BCUT2D eigenvalue weighted by molar-refractivity contribution is 0.0693. The molecule has 2 saturated carbocycles. The van der Waals surface area contributed by atoms with Crippen molar-refractivity contribution in [3.63, 3.8) is 0 Å². The standard InChI is InChI=1S/C11H11N2O2/c14-10(15)8-5-12-6-13-9(8)11-3-1-2-7(11)4-11/h5,7H,1-4H2,(H,14,15). The highest BCUT2D eigenvalue weighted by Gasteiger charge is 2.59. The summed E-state index contributed by atoms with van der Waals surface area (Å²) in [6.07, 6.45) is 8.46. The molecule has 1 heterocycles. The maximum absolute atomic E-state index is 11.0. The van der Waals surface area contributed by atoms with Gasteiger partial charge in [-0.1, -0.05) is 6.42 Å². The van der Waals surface area contributed by atoms with Crippen LogP contribution in [0.1, 0.15) is 41.7 Å². The Morgan fingerprint density at radius 2 is 2.53 bits per heavy atom. The van der Waals surface area contributed by atoms with Crippen LogP contribution in [-0.4, -0.2) is 21.0 Å². The molecule has 0 amide bonds. The first-order valence-corrected chi connectivity index (χ1v) is 5.21. The molecule has 2 atom stereocenters. The molecule has 0 bridgehead atoms. The van der Waals surface area contributed by atoms with Gasteiger partial charge in [-0.2, -0.15) is 0 Å². The van der Waals surface area contributed by atoms with Gasteiger partial charge in [0.1, 0.15) is 0 Å². The molecule has 2 aliphatic rings. The van der Waals surface area contributed by atoms with Gasteiger partial charge in [-0.15, -0.1) is 0 Å². The number of rotatable bonds is 2. The van der Waals surface area contributed by atoms with Gasteiger partial charge in [0.05, 0.1) is 11.3 Å². The molecule has 1 radical (unpaired) electrons. The minimum Gasteiger partial charge on any atom is -0.478 e. The molecule has 2 fully saturated rings. The maximum Gasteiger partial charge on any atom is 0.339 e. The Labute approximate surface area is 87.4 Å². The van der Waals surface area contributed by atoms with Crippen LogP contribution < -0.4 is 0 Å². The summed E-state index contributed by atoms with van der Waals surface area (Å²) in [7, 11) is 0. The van der Waals surface area contributed by atoms with Gasteiger partial charge in [0.15, 0.2) is 6.33 Å². The Morgan fingerprint density at radius 3 is 3.13 bits per heavy atom. The summed E-state index contributed by atoms with van der Waals surface area (Å²) in [6.45, 7) is 0. The van der Waals surface area contributed by atoms with E-state index in [0.717, 1.165) is 12.8 Å². The Bertz CT molecular complexity index is 432. The summed E-state index contributed by atoms with van der Waals surface area (Å²) in [4.78, 5) is 18.8. The summed E-state index contributed by atoms with van der Waals surface area (Å²) in [6, 6.07) is 0. The molecule has 77 valence electrons. The molecule has 2 unspecified atom stereocenters. The van der Waals surface area contributed by atoms with E-state index in [1.165, 1.54) is 19.0 Å². The Morgan fingerprint density at radius 1 is 1.67 bits per heavy atom.